The minimum absolute atomic E-state index is 0.0724. The Bertz CT molecular complexity index is 908. The first-order chi connectivity index (χ1) is 15.7. The minimum Gasteiger partial charge on any atom is -0.368 e. The van der Waals surface area contributed by atoms with Crippen molar-refractivity contribution in [2.24, 2.45) is 4.99 Å². The van der Waals surface area contributed by atoms with Gasteiger partial charge in [0.05, 0.1) is 6.54 Å². The van der Waals surface area contributed by atoms with E-state index in [-0.39, 0.29) is 12.0 Å². The summed E-state index contributed by atoms with van der Waals surface area (Å²) in [5.41, 5.74) is 1.82. The van der Waals surface area contributed by atoms with Crippen LogP contribution in [-0.4, -0.2) is 72.2 Å². The molecule has 1 atom stereocenters. The fourth-order valence-corrected chi connectivity index (χ4v) is 3.92. The summed E-state index contributed by atoms with van der Waals surface area (Å²) in [5, 5.41) is 6.37. The fourth-order valence-electron chi connectivity index (χ4n) is 3.92. The first-order valence-electron chi connectivity index (χ1n) is 11.3. The first kappa shape index (κ1) is 22.0. The number of benzene rings is 1. The zero-order valence-electron chi connectivity index (χ0n) is 18.5. The molecule has 1 amide bonds. The quantitative estimate of drug-likeness (QED) is 0.526. The van der Waals surface area contributed by atoms with E-state index in [4.69, 9.17) is 9.73 Å². The molecule has 0 radical (unpaired) electrons. The van der Waals surface area contributed by atoms with Crippen LogP contribution in [0.3, 0.4) is 0 Å². The number of nitrogens with one attached hydrogen (secondary N) is 2. The van der Waals surface area contributed by atoms with E-state index in [1.54, 1.807) is 12.4 Å². The molecule has 1 aromatic heterocycles. The molecule has 2 aliphatic rings. The Hall–Kier alpha value is -3.20. The molecule has 9 heteroatoms. The molecule has 0 saturated carbocycles. The van der Waals surface area contributed by atoms with Crippen LogP contribution < -0.4 is 15.5 Å². The van der Waals surface area contributed by atoms with Crippen molar-refractivity contribution >= 4 is 23.5 Å². The summed E-state index contributed by atoms with van der Waals surface area (Å²) >= 11 is 0. The van der Waals surface area contributed by atoms with E-state index in [0.29, 0.717) is 13.2 Å². The molecule has 2 saturated heterocycles. The number of rotatable bonds is 6. The molecular weight excluding hydrogens is 406 g/mol. The molecule has 2 N–H and O–H groups in total. The normalized spacial score (nSPS) is 19.2. The molecule has 1 aromatic carbocycles. The second kappa shape index (κ2) is 10.9. The third kappa shape index (κ3) is 5.73. The lowest BCUT2D eigenvalue weighted by Crippen LogP contribution is -2.52. The standard InChI is InChI=1S/C23H31N7O2/c1-2-24-22(29-11-13-30(14-12-29)23-25-9-5-10-26-23)27-17-18-6-3-7-19(16-18)28-21(31)20-8-4-15-32-20/h3,5-7,9-10,16,20H,2,4,8,11-15,17H2,1H3,(H,24,27)(H,28,31). The van der Waals surface area contributed by atoms with Crippen molar-refractivity contribution in [2.75, 3.05) is 49.5 Å². The number of amides is 1. The Morgan fingerprint density at radius 2 is 2.00 bits per heavy atom. The van der Waals surface area contributed by atoms with Gasteiger partial charge in [-0.15, -0.1) is 0 Å². The van der Waals surface area contributed by atoms with E-state index in [1.807, 2.05) is 30.3 Å². The Balaban J connectivity index is 1.35. The van der Waals surface area contributed by atoms with Gasteiger partial charge in [-0.3, -0.25) is 4.79 Å². The maximum Gasteiger partial charge on any atom is 0.253 e. The summed E-state index contributed by atoms with van der Waals surface area (Å²) in [7, 11) is 0. The largest absolute Gasteiger partial charge is 0.368 e. The van der Waals surface area contributed by atoms with Gasteiger partial charge >= 0.3 is 0 Å². The van der Waals surface area contributed by atoms with E-state index in [2.05, 4.69) is 37.3 Å². The summed E-state index contributed by atoms with van der Waals surface area (Å²) in [5.74, 6) is 1.60. The fraction of sp³-hybridized carbons (Fsp3) is 0.478. The molecule has 3 heterocycles. The summed E-state index contributed by atoms with van der Waals surface area (Å²) in [6.07, 6.45) is 4.94. The number of piperazine rings is 1. The third-order valence-electron chi connectivity index (χ3n) is 5.58. The van der Waals surface area contributed by atoms with Crippen molar-refractivity contribution in [3.8, 4) is 0 Å². The van der Waals surface area contributed by atoms with Crippen LogP contribution in [0.2, 0.25) is 0 Å². The minimum atomic E-state index is -0.336. The molecule has 170 valence electrons. The highest BCUT2D eigenvalue weighted by atomic mass is 16.5. The highest BCUT2D eigenvalue weighted by Gasteiger charge is 2.24. The summed E-state index contributed by atoms with van der Waals surface area (Å²) < 4.78 is 5.47. The number of ether oxygens (including phenoxy) is 1. The highest BCUT2D eigenvalue weighted by molar-refractivity contribution is 5.94. The lowest BCUT2D eigenvalue weighted by molar-refractivity contribution is -0.124. The number of hydrogen-bond acceptors (Lipinski definition) is 6. The van der Waals surface area contributed by atoms with Crippen LogP contribution >= 0.6 is 0 Å². The third-order valence-corrected chi connectivity index (χ3v) is 5.58. The van der Waals surface area contributed by atoms with Gasteiger partial charge in [0.2, 0.25) is 5.95 Å². The number of carbonyl (C=O) groups is 1. The van der Waals surface area contributed by atoms with Crippen LogP contribution in [0, 0.1) is 0 Å². The summed E-state index contributed by atoms with van der Waals surface area (Å²) in [6, 6.07) is 9.68. The van der Waals surface area contributed by atoms with Gasteiger partial charge in [-0.1, -0.05) is 12.1 Å². The molecule has 1 unspecified atom stereocenters. The molecule has 0 spiro atoms. The second-order valence-corrected chi connectivity index (χ2v) is 7.88. The number of guanidine groups is 1. The lowest BCUT2D eigenvalue weighted by atomic mass is 10.2. The van der Waals surface area contributed by atoms with Gasteiger partial charge in [-0.05, 0) is 43.5 Å². The van der Waals surface area contributed by atoms with E-state index >= 15 is 0 Å². The predicted octanol–water partition coefficient (Wildman–Crippen LogP) is 1.88. The van der Waals surface area contributed by atoms with Crippen LogP contribution in [0.4, 0.5) is 11.6 Å². The van der Waals surface area contributed by atoms with E-state index in [1.165, 1.54) is 0 Å². The number of anilines is 2. The number of carbonyl (C=O) groups excluding carboxylic acids is 1. The maximum absolute atomic E-state index is 12.3. The van der Waals surface area contributed by atoms with E-state index < -0.39 is 0 Å². The molecular formula is C23H31N7O2. The van der Waals surface area contributed by atoms with E-state index in [9.17, 15) is 4.79 Å². The SMILES string of the molecule is CCNC(=NCc1cccc(NC(=O)C2CCCO2)c1)N1CCN(c2ncccn2)CC1. The van der Waals surface area contributed by atoms with Crippen molar-refractivity contribution in [3.63, 3.8) is 0 Å². The van der Waals surface area contributed by atoms with Crippen LogP contribution in [0.15, 0.2) is 47.7 Å². The first-order valence-corrected chi connectivity index (χ1v) is 11.3. The Morgan fingerprint density at radius 3 is 2.72 bits per heavy atom. The molecule has 9 nitrogen and oxygen atoms in total. The molecule has 4 rings (SSSR count). The number of hydrogen-bond donors (Lipinski definition) is 2. The van der Waals surface area contributed by atoms with Gasteiger partial charge in [0, 0.05) is 57.4 Å². The zero-order valence-corrected chi connectivity index (χ0v) is 18.5. The second-order valence-electron chi connectivity index (χ2n) is 7.88. The Morgan fingerprint density at radius 1 is 1.19 bits per heavy atom. The summed E-state index contributed by atoms with van der Waals surface area (Å²) in [6.45, 7) is 7.46. The van der Waals surface area contributed by atoms with Crippen molar-refractivity contribution in [1.29, 1.82) is 0 Å². The summed E-state index contributed by atoms with van der Waals surface area (Å²) in [4.78, 5) is 30.3. The molecule has 2 fully saturated rings. The van der Waals surface area contributed by atoms with Gasteiger partial charge < -0.3 is 25.2 Å². The molecule has 0 aliphatic carbocycles. The number of aromatic nitrogens is 2. The van der Waals surface area contributed by atoms with E-state index in [0.717, 1.165) is 68.7 Å². The van der Waals surface area contributed by atoms with Crippen LogP contribution in [0.5, 0.6) is 0 Å². The smallest absolute Gasteiger partial charge is 0.253 e. The van der Waals surface area contributed by atoms with Crippen molar-refractivity contribution < 1.29 is 9.53 Å². The average Bonchev–Trinajstić information content (AvgIpc) is 3.38. The predicted molar refractivity (Wildman–Crippen MR) is 125 cm³/mol. The van der Waals surface area contributed by atoms with Gasteiger partial charge in [-0.2, -0.15) is 0 Å². The van der Waals surface area contributed by atoms with Crippen molar-refractivity contribution in [3.05, 3.63) is 48.3 Å². The highest BCUT2D eigenvalue weighted by Crippen LogP contribution is 2.17. The van der Waals surface area contributed by atoms with Crippen LogP contribution in [0.1, 0.15) is 25.3 Å². The molecule has 32 heavy (non-hydrogen) atoms. The Kier molecular flexibility index (Phi) is 7.50. The molecule has 2 aliphatic heterocycles. The lowest BCUT2D eigenvalue weighted by Gasteiger charge is -2.36. The average molecular weight is 438 g/mol. The number of aliphatic imine (C=N–C) groups is 1. The zero-order chi connectivity index (χ0) is 22.2. The van der Waals surface area contributed by atoms with Gasteiger partial charge in [0.15, 0.2) is 5.96 Å². The van der Waals surface area contributed by atoms with Crippen molar-refractivity contribution in [2.45, 2.75) is 32.4 Å². The topological polar surface area (TPSA) is 95.0 Å². The Labute approximate surface area is 188 Å². The van der Waals surface area contributed by atoms with Crippen molar-refractivity contribution in [1.82, 2.24) is 20.2 Å². The molecule has 2 aromatic rings. The van der Waals surface area contributed by atoms with Gasteiger partial charge in [0.25, 0.3) is 5.91 Å². The number of nitrogens with zero attached hydrogens (tertiary/aromatic N) is 5. The maximum atomic E-state index is 12.3. The monoisotopic (exact) mass is 437 g/mol. The van der Waals surface area contributed by atoms with Crippen LogP contribution in [0.25, 0.3) is 0 Å². The van der Waals surface area contributed by atoms with Gasteiger partial charge in [-0.25, -0.2) is 15.0 Å². The van der Waals surface area contributed by atoms with Gasteiger partial charge in [0.1, 0.15) is 6.10 Å². The molecule has 0 bridgehead atoms. The van der Waals surface area contributed by atoms with Crippen LogP contribution in [-0.2, 0) is 16.1 Å².